The molecule has 1 aliphatic heterocycles. The number of nitrogens with zero attached hydrogens (tertiary/aromatic N) is 1. The smallest absolute Gasteiger partial charge is 0.244 e. The summed E-state index contributed by atoms with van der Waals surface area (Å²) in [6.07, 6.45) is 2.92. The molecule has 1 aromatic carbocycles. The lowest BCUT2D eigenvalue weighted by Gasteiger charge is -2.19. The van der Waals surface area contributed by atoms with E-state index < -0.39 is 11.9 Å². The number of nitrogens with one attached hydrogen (secondary N) is 1. The standard InChI is InChI=1S/C18H18N2O5/c21-13(19-12-3-1-2-11(7-12)18(24)25)8-20-16(22)14-9-4-5-10(6-9)15(14)17(20)23/h1-3,7,9-10,14-15H,4-6,8H2,(H,19,21)(H,24,25)/p-1/t9-,10-,14-,15-/m0/s1. The third kappa shape index (κ3) is 2.50. The highest BCUT2D eigenvalue weighted by molar-refractivity contribution is 6.09. The zero-order valence-electron chi connectivity index (χ0n) is 13.4. The zero-order chi connectivity index (χ0) is 17.7. The van der Waals surface area contributed by atoms with Crippen molar-refractivity contribution in [3.05, 3.63) is 29.8 Å². The minimum absolute atomic E-state index is 0.0581. The molecule has 4 rings (SSSR count). The molecule has 7 nitrogen and oxygen atoms in total. The molecule has 4 atom stereocenters. The number of hydrogen-bond acceptors (Lipinski definition) is 5. The van der Waals surface area contributed by atoms with Crippen LogP contribution in [0.1, 0.15) is 29.6 Å². The molecule has 0 unspecified atom stereocenters. The minimum Gasteiger partial charge on any atom is -0.545 e. The van der Waals surface area contributed by atoms with Crippen LogP contribution in [0, 0.1) is 23.7 Å². The molecule has 1 aromatic rings. The average Bonchev–Trinajstić information content (AvgIpc) is 3.25. The van der Waals surface area contributed by atoms with E-state index in [0.29, 0.717) is 0 Å². The third-order valence-electron chi connectivity index (χ3n) is 5.70. The molecular weight excluding hydrogens is 324 g/mol. The Balaban J connectivity index is 1.45. The molecule has 1 saturated heterocycles. The summed E-state index contributed by atoms with van der Waals surface area (Å²) >= 11 is 0. The van der Waals surface area contributed by atoms with Crippen molar-refractivity contribution < 1.29 is 24.3 Å². The number of carboxylic acid groups (broad SMARTS) is 1. The number of hydrogen-bond donors (Lipinski definition) is 1. The Hall–Kier alpha value is -2.70. The van der Waals surface area contributed by atoms with Gasteiger partial charge in [0.05, 0.1) is 17.8 Å². The normalized spacial score (nSPS) is 29.8. The van der Waals surface area contributed by atoms with E-state index >= 15 is 0 Å². The summed E-state index contributed by atoms with van der Waals surface area (Å²) in [5.74, 6) is -2.28. The van der Waals surface area contributed by atoms with Crippen molar-refractivity contribution in [3.8, 4) is 0 Å². The number of imide groups is 1. The molecular formula is C18H17N2O5-. The molecule has 3 aliphatic rings. The van der Waals surface area contributed by atoms with Crippen LogP contribution in [-0.2, 0) is 14.4 Å². The third-order valence-corrected chi connectivity index (χ3v) is 5.70. The number of carboxylic acids is 1. The number of anilines is 1. The average molecular weight is 341 g/mol. The van der Waals surface area contributed by atoms with Gasteiger partial charge in [0.2, 0.25) is 17.7 Å². The van der Waals surface area contributed by atoms with Crippen LogP contribution < -0.4 is 10.4 Å². The SMILES string of the molecule is O=C(CN1C(=O)[C@H]2[C@H]3CC[C@@H](C3)[C@@H]2C1=O)Nc1cccc(C(=O)[O-])c1. The number of carbonyl (C=O) groups excluding carboxylic acids is 4. The first-order chi connectivity index (χ1) is 12.0. The van der Waals surface area contributed by atoms with Gasteiger partial charge in [-0.15, -0.1) is 0 Å². The van der Waals surface area contributed by atoms with Crippen LogP contribution in [0.5, 0.6) is 0 Å². The van der Waals surface area contributed by atoms with E-state index in [4.69, 9.17) is 0 Å². The summed E-state index contributed by atoms with van der Waals surface area (Å²) in [5.41, 5.74) is 0.225. The van der Waals surface area contributed by atoms with Crippen molar-refractivity contribution in [1.82, 2.24) is 4.90 Å². The summed E-state index contributed by atoms with van der Waals surface area (Å²) in [4.78, 5) is 49.3. The number of rotatable bonds is 4. The van der Waals surface area contributed by atoms with Crippen molar-refractivity contribution in [2.45, 2.75) is 19.3 Å². The first-order valence-corrected chi connectivity index (χ1v) is 8.42. The van der Waals surface area contributed by atoms with Gasteiger partial charge in [0.15, 0.2) is 0 Å². The lowest BCUT2D eigenvalue weighted by Crippen LogP contribution is -2.39. The van der Waals surface area contributed by atoms with Crippen LogP contribution >= 0.6 is 0 Å². The molecule has 3 fully saturated rings. The van der Waals surface area contributed by atoms with Crippen molar-refractivity contribution in [3.63, 3.8) is 0 Å². The van der Waals surface area contributed by atoms with Crippen LogP contribution in [0.2, 0.25) is 0 Å². The molecule has 0 spiro atoms. The summed E-state index contributed by atoms with van der Waals surface area (Å²) in [6, 6.07) is 5.65. The Kier molecular flexibility index (Phi) is 3.59. The topological polar surface area (TPSA) is 107 Å². The molecule has 1 heterocycles. The van der Waals surface area contributed by atoms with Gasteiger partial charge in [0, 0.05) is 5.69 Å². The van der Waals surface area contributed by atoms with E-state index in [1.165, 1.54) is 24.3 Å². The molecule has 25 heavy (non-hydrogen) atoms. The highest BCUT2D eigenvalue weighted by atomic mass is 16.4. The number of amides is 3. The quantitative estimate of drug-likeness (QED) is 0.777. The Morgan fingerprint density at radius 2 is 1.76 bits per heavy atom. The van der Waals surface area contributed by atoms with E-state index in [2.05, 4.69) is 5.32 Å². The van der Waals surface area contributed by atoms with Crippen LogP contribution in [-0.4, -0.2) is 35.1 Å². The molecule has 2 bridgehead atoms. The van der Waals surface area contributed by atoms with Gasteiger partial charge in [-0.25, -0.2) is 0 Å². The second-order valence-corrected chi connectivity index (χ2v) is 7.06. The van der Waals surface area contributed by atoms with Crippen molar-refractivity contribution in [1.29, 1.82) is 0 Å². The lowest BCUT2D eigenvalue weighted by atomic mass is 9.81. The van der Waals surface area contributed by atoms with Crippen molar-refractivity contribution in [2.75, 3.05) is 11.9 Å². The predicted octanol–water partition coefficient (Wildman–Crippen LogP) is 0.0197. The van der Waals surface area contributed by atoms with Gasteiger partial charge in [-0.2, -0.15) is 0 Å². The van der Waals surface area contributed by atoms with Crippen LogP contribution in [0.25, 0.3) is 0 Å². The molecule has 0 aromatic heterocycles. The number of fused-ring (bicyclic) bond motifs is 5. The molecule has 2 aliphatic carbocycles. The fraction of sp³-hybridized carbons (Fsp3) is 0.444. The van der Waals surface area contributed by atoms with Gasteiger partial charge in [0.1, 0.15) is 6.54 Å². The van der Waals surface area contributed by atoms with Gasteiger partial charge < -0.3 is 15.2 Å². The Bertz CT molecular complexity index is 761. The monoisotopic (exact) mass is 341 g/mol. The number of carbonyl (C=O) groups is 4. The van der Waals surface area contributed by atoms with E-state index in [9.17, 15) is 24.3 Å². The molecule has 0 radical (unpaired) electrons. The first-order valence-electron chi connectivity index (χ1n) is 8.42. The van der Waals surface area contributed by atoms with E-state index in [1.807, 2.05) is 0 Å². The van der Waals surface area contributed by atoms with Gasteiger partial charge in [-0.1, -0.05) is 12.1 Å². The van der Waals surface area contributed by atoms with E-state index in [1.54, 1.807) is 0 Å². The molecule has 130 valence electrons. The Morgan fingerprint density at radius 1 is 1.12 bits per heavy atom. The molecule has 3 amide bonds. The van der Waals surface area contributed by atoms with Crippen LogP contribution in [0.3, 0.4) is 0 Å². The lowest BCUT2D eigenvalue weighted by molar-refractivity contribution is -0.255. The summed E-state index contributed by atoms with van der Waals surface area (Å²) in [5, 5.41) is 13.4. The fourth-order valence-corrected chi connectivity index (χ4v) is 4.69. The van der Waals surface area contributed by atoms with E-state index in [0.717, 1.165) is 24.2 Å². The molecule has 7 heteroatoms. The van der Waals surface area contributed by atoms with Gasteiger partial charge >= 0.3 is 0 Å². The van der Waals surface area contributed by atoms with Crippen molar-refractivity contribution in [2.24, 2.45) is 23.7 Å². The summed E-state index contributed by atoms with van der Waals surface area (Å²) < 4.78 is 0. The number of benzene rings is 1. The maximum atomic E-state index is 12.6. The second kappa shape index (κ2) is 5.68. The maximum absolute atomic E-state index is 12.6. The Morgan fingerprint density at radius 3 is 2.36 bits per heavy atom. The highest BCUT2D eigenvalue weighted by Crippen LogP contribution is 2.56. The largest absolute Gasteiger partial charge is 0.545 e. The highest BCUT2D eigenvalue weighted by Gasteiger charge is 2.60. The van der Waals surface area contributed by atoms with Gasteiger partial charge in [-0.3, -0.25) is 19.3 Å². The summed E-state index contributed by atoms with van der Waals surface area (Å²) in [7, 11) is 0. The van der Waals surface area contributed by atoms with Gasteiger partial charge in [0.25, 0.3) is 0 Å². The molecule has 1 N–H and O–H groups in total. The number of likely N-dealkylation sites (tertiary alicyclic amines) is 1. The fourth-order valence-electron chi connectivity index (χ4n) is 4.69. The first kappa shape index (κ1) is 15.8. The van der Waals surface area contributed by atoms with Crippen LogP contribution in [0.4, 0.5) is 5.69 Å². The van der Waals surface area contributed by atoms with Crippen LogP contribution in [0.15, 0.2) is 24.3 Å². The zero-order valence-corrected chi connectivity index (χ0v) is 13.4. The Labute approximate surface area is 144 Å². The second-order valence-electron chi connectivity index (χ2n) is 7.06. The minimum atomic E-state index is -1.34. The van der Waals surface area contributed by atoms with Crippen molar-refractivity contribution >= 4 is 29.4 Å². The summed E-state index contributed by atoms with van der Waals surface area (Å²) in [6.45, 7) is -0.334. The predicted molar refractivity (Wildman–Crippen MR) is 83.9 cm³/mol. The van der Waals surface area contributed by atoms with E-state index in [-0.39, 0.29) is 53.3 Å². The number of aromatic carboxylic acids is 1. The molecule has 2 saturated carbocycles. The van der Waals surface area contributed by atoms with Gasteiger partial charge in [-0.05, 0) is 48.8 Å². The maximum Gasteiger partial charge on any atom is 0.244 e.